The molecular formula is C19H21N5O6S. The van der Waals surface area contributed by atoms with Crippen molar-refractivity contribution in [1.82, 2.24) is 9.88 Å². The van der Waals surface area contributed by atoms with Gasteiger partial charge in [-0.25, -0.2) is 4.98 Å². The fraction of sp³-hybridized carbons (Fsp3) is 0.421. The summed E-state index contributed by atoms with van der Waals surface area (Å²) < 4.78 is 0. The number of nitro benzene ring substituents is 2. The molecule has 1 aromatic carbocycles. The molecule has 2 heterocycles. The molecule has 31 heavy (non-hydrogen) atoms. The van der Waals surface area contributed by atoms with Crippen molar-refractivity contribution in [2.45, 2.75) is 40.2 Å². The molecule has 3 rings (SSSR count). The Bertz CT molecular complexity index is 1080. The summed E-state index contributed by atoms with van der Waals surface area (Å²) in [5.41, 5.74) is -0.393. The van der Waals surface area contributed by atoms with E-state index >= 15 is 0 Å². The molecule has 0 bridgehead atoms. The van der Waals surface area contributed by atoms with Crippen molar-refractivity contribution in [3.05, 3.63) is 54.1 Å². The van der Waals surface area contributed by atoms with E-state index in [1.165, 1.54) is 18.3 Å². The summed E-state index contributed by atoms with van der Waals surface area (Å²) in [7, 11) is 0. The minimum atomic E-state index is -0.784. The van der Waals surface area contributed by atoms with Gasteiger partial charge in [0.2, 0.25) is 5.91 Å². The molecule has 0 spiro atoms. The fourth-order valence-corrected chi connectivity index (χ4v) is 4.34. The molecule has 1 aliphatic rings. The summed E-state index contributed by atoms with van der Waals surface area (Å²) >= 11 is 1.22. The highest BCUT2D eigenvalue weighted by Gasteiger charge is 2.27. The van der Waals surface area contributed by atoms with E-state index in [1.807, 2.05) is 13.8 Å². The number of thiazole rings is 1. The first-order chi connectivity index (χ1) is 14.6. The number of fused-ring (bicyclic) bond motifs is 1. The highest BCUT2D eigenvalue weighted by Crippen LogP contribution is 2.31. The highest BCUT2D eigenvalue weighted by atomic mass is 32.1. The van der Waals surface area contributed by atoms with Crippen molar-refractivity contribution in [3.63, 3.8) is 0 Å². The van der Waals surface area contributed by atoms with Gasteiger partial charge in [-0.05, 0) is 12.8 Å². The number of hydrogen-bond acceptors (Lipinski definition) is 8. The van der Waals surface area contributed by atoms with Gasteiger partial charge < -0.3 is 4.90 Å². The molecule has 1 aliphatic heterocycles. The molecule has 12 heteroatoms. The lowest BCUT2D eigenvalue weighted by Gasteiger charge is -2.26. The van der Waals surface area contributed by atoms with Crippen LogP contribution in [0.2, 0.25) is 0 Å². The predicted molar refractivity (Wildman–Crippen MR) is 113 cm³/mol. The zero-order chi connectivity index (χ0) is 22.9. The third-order valence-corrected chi connectivity index (χ3v) is 5.90. The molecule has 0 atom stereocenters. The van der Waals surface area contributed by atoms with Crippen molar-refractivity contribution in [1.29, 1.82) is 0 Å². The lowest BCUT2D eigenvalue weighted by Crippen LogP contribution is -2.36. The number of hydrogen-bond donors (Lipinski definition) is 1. The van der Waals surface area contributed by atoms with E-state index in [0.29, 0.717) is 25.9 Å². The molecule has 0 radical (unpaired) electrons. The van der Waals surface area contributed by atoms with Gasteiger partial charge in [-0.1, -0.05) is 25.2 Å². The first-order valence-electron chi connectivity index (χ1n) is 9.58. The monoisotopic (exact) mass is 447 g/mol. The van der Waals surface area contributed by atoms with Crippen LogP contribution < -0.4 is 5.32 Å². The molecular weight excluding hydrogens is 426 g/mol. The van der Waals surface area contributed by atoms with Gasteiger partial charge >= 0.3 is 0 Å². The van der Waals surface area contributed by atoms with Crippen LogP contribution in [0.4, 0.5) is 16.5 Å². The summed E-state index contributed by atoms with van der Waals surface area (Å²) in [6, 6.07) is 1.84. The van der Waals surface area contributed by atoms with Crippen LogP contribution in [-0.4, -0.2) is 38.1 Å². The quantitative estimate of drug-likeness (QED) is 0.526. The lowest BCUT2D eigenvalue weighted by atomic mass is 10.0. The SMILES string of the molecule is Cc1c(C(=O)Nc2nc3c(s2)CN(C(=O)CC(C)C)CC3)cc([N+](=O)[O-])cc1[N+](=O)[O-]. The molecule has 0 saturated heterocycles. The van der Waals surface area contributed by atoms with Gasteiger partial charge in [-0.15, -0.1) is 0 Å². The summed E-state index contributed by atoms with van der Waals surface area (Å²) in [5.74, 6) is -0.394. The molecule has 0 aliphatic carbocycles. The van der Waals surface area contributed by atoms with Crippen LogP contribution in [0.3, 0.4) is 0 Å². The Balaban J connectivity index is 1.82. The number of anilines is 1. The largest absolute Gasteiger partial charge is 0.337 e. The number of rotatable bonds is 6. The Kier molecular flexibility index (Phi) is 6.29. The van der Waals surface area contributed by atoms with E-state index in [1.54, 1.807) is 4.90 Å². The number of non-ortho nitro benzene ring substituents is 1. The van der Waals surface area contributed by atoms with Crippen LogP contribution in [0.5, 0.6) is 0 Å². The number of nitro groups is 2. The van der Waals surface area contributed by atoms with Crippen LogP contribution in [0, 0.1) is 33.1 Å². The van der Waals surface area contributed by atoms with Gasteiger partial charge in [0.15, 0.2) is 5.13 Å². The van der Waals surface area contributed by atoms with Crippen LogP contribution in [-0.2, 0) is 17.8 Å². The van der Waals surface area contributed by atoms with Crippen LogP contribution >= 0.6 is 11.3 Å². The molecule has 164 valence electrons. The van der Waals surface area contributed by atoms with Crippen molar-refractivity contribution in [3.8, 4) is 0 Å². The van der Waals surface area contributed by atoms with Gasteiger partial charge in [0.25, 0.3) is 17.3 Å². The van der Waals surface area contributed by atoms with E-state index in [2.05, 4.69) is 10.3 Å². The van der Waals surface area contributed by atoms with Crippen molar-refractivity contribution < 1.29 is 19.4 Å². The first-order valence-corrected chi connectivity index (χ1v) is 10.4. The van der Waals surface area contributed by atoms with Gasteiger partial charge in [-0.3, -0.25) is 35.1 Å². The fourth-order valence-electron chi connectivity index (χ4n) is 3.32. The van der Waals surface area contributed by atoms with Crippen molar-refractivity contribution in [2.75, 3.05) is 11.9 Å². The summed E-state index contributed by atoms with van der Waals surface area (Å²) in [4.78, 5) is 52.9. The summed E-state index contributed by atoms with van der Waals surface area (Å²) in [5, 5.41) is 25.2. The van der Waals surface area contributed by atoms with Crippen LogP contribution in [0.25, 0.3) is 0 Å². The predicted octanol–water partition coefficient (Wildman–Crippen LogP) is 3.45. The van der Waals surface area contributed by atoms with Crippen molar-refractivity contribution in [2.24, 2.45) is 5.92 Å². The molecule has 0 saturated carbocycles. The maximum absolute atomic E-state index is 12.7. The summed E-state index contributed by atoms with van der Waals surface area (Å²) in [6.45, 7) is 6.28. The maximum atomic E-state index is 12.7. The van der Waals surface area contributed by atoms with Gasteiger partial charge in [0.1, 0.15) is 0 Å². The number of aromatic nitrogens is 1. The first kappa shape index (κ1) is 22.3. The smallest absolute Gasteiger partial charge is 0.279 e. The van der Waals surface area contributed by atoms with Crippen LogP contribution in [0.15, 0.2) is 12.1 Å². The number of nitrogens with one attached hydrogen (secondary N) is 1. The number of benzene rings is 1. The Morgan fingerprint density at radius 3 is 2.58 bits per heavy atom. The minimum Gasteiger partial charge on any atom is -0.337 e. The van der Waals surface area contributed by atoms with Gasteiger partial charge in [0.05, 0.1) is 33.7 Å². The average Bonchev–Trinajstić information content (AvgIpc) is 3.08. The molecule has 11 nitrogen and oxygen atoms in total. The molecule has 0 fully saturated rings. The van der Waals surface area contributed by atoms with E-state index in [9.17, 15) is 29.8 Å². The molecule has 1 aromatic heterocycles. The van der Waals surface area contributed by atoms with E-state index in [0.717, 1.165) is 22.7 Å². The topological polar surface area (TPSA) is 149 Å². The van der Waals surface area contributed by atoms with E-state index in [4.69, 9.17) is 0 Å². The second-order valence-electron chi connectivity index (χ2n) is 7.66. The second-order valence-corrected chi connectivity index (χ2v) is 8.74. The maximum Gasteiger partial charge on any atom is 0.279 e. The third-order valence-electron chi connectivity index (χ3n) is 4.90. The Hall–Kier alpha value is -3.41. The van der Waals surface area contributed by atoms with Crippen molar-refractivity contribution >= 4 is 39.7 Å². The number of carbonyl (C=O) groups excluding carboxylic acids is 2. The summed E-state index contributed by atoms with van der Waals surface area (Å²) in [6.07, 6.45) is 1.02. The van der Waals surface area contributed by atoms with E-state index < -0.39 is 27.1 Å². The van der Waals surface area contributed by atoms with E-state index in [-0.39, 0.29) is 28.1 Å². The highest BCUT2D eigenvalue weighted by molar-refractivity contribution is 7.15. The lowest BCUT2D eigenvalue weighted by molar-refractivity contribution is -0.394. The average molecular weight is 447 g/mol. The number of carbonyl (C=O) groups is 2. The van der Waals surface area contributed by atoms with Crippen LogP contribution in [0.1, 0.15) is 46.8 Å². The zero-order valence-electron chi connectivity index (χ0n) is 17.2. The Morgan fingerprint density at radius 2 is 1.97 bits per heavy atom. The van der Waals surface area contributed by atoms with Gasteiger partial charge in [-0.2, -0.15) is 0 Å². The standard InChI is InChI=1S/C19H21N5O6S/c1-10(2)6-17(25)22-5-4-14-16(9-22)31-19(20-14)21-18(26)13-7-12(23(27)28)8-15(11(13)3)24(29)30/h7-8,10H,4-6,9H2,1-3H3,(H,20,21,26). The normalized spacial score (nSPS) is 13.1. The number of nitrogens with zero attached hydrogens (tertiary/aromatic N) is 4. The van der Waals surface area contributed by atoms with Gasteiger partial charge in [0, 0.05) is 35.9 Å². The molecule has 1 N–H and O–H groups in total. The molecule has 0 unspecified atom stereocenters. The third kappa shape index (κ3) is 4.85. The Morgan fingerprint density at radius 1 is 1.26 bits per heavy atom. The zero-order valence-corrected chi connectivity index (χ0v) is 18.0. The second kappa shape index (κ2) is 8.76. The number of amides is 2. The Labute approximate surface area is 181 Å². The minimum absolute atomic E-state index is 0.0277. The molecule has 2 aromatic rings. The molecule has 2 amide bonds.